The third-order valence-corrected chi connectivity index (χ3v) is 6.61. The van der Waals surface area contributed by atoms with Crippen molar-refractivity contribution in [3.05, 3.63) is 30.7 Å². The lowest BCUT2D eigenvalue weighted by Gasteiger charge is -2.12. The molecule has 1 aliphatic carbocycles. The van der Waals surface area contributed by atoms with Gasteiger partial charge in [-0.15, -0.1) is 0 Å². The number of nitrogens with zero attached hydrogens (tertiary/aromatic N) is 5. The van der Waals surface area contributed by atoms with E-state index in [2.05, 4.69) is 25.5 Å². The van der Waals surface area contributed by atoms with Crippen molar-refractivity contribution in [2.45, 2.75) is 29.4 Å². The number of fused-ring (bicyclic) bond motifs is 2. The third kappa shape index (κ3) is 3.71. The summed E-state index contributed by atoms with van der Waals surface area (Å²) in [5, 5.41) is 10.9. The highest BCUT2D eigenvalue weighted by atomic mass is 32.2. The Kier molecular flexibility index (Phi) is 4.79. The molecule has 6 rings (SSSR count). The molecular formula is C21H20N8O3S. The van der Waals surface area contributed by atoms with E-state index in [0.29, 0.717) is 46.7 Å². The number of amides is 1. The van der Waals surface area contributed by atoms with Crippen LogP contribution in [0.25, 0.3) is 22.4 Å². The van der Waals surface area contributed by atoms with Crippen LogP contribution in [0.15, 0.2) is 40.8 Å². The second-order valence-corrected chi connectivity index (χ2v) is 8.81. The number of benzene rings is 1. The van der Waals surface area contributed by atoms with Gasteiger partial charge in [0.15, 0.2) is 33.6 Å². The zero-order chi connectivity index (χ0) is 22.4. The molecule has 0 unspecified atom stereocenters. The monoisotopic (exact) mass is 464 g/mol. The van der Waals surface area contributed by atoms with Gasteiger partial charge in [-0.3, -0.25) is 9.89 Å². The zero-order valence-electron chi connectivity index (χ0n) is 17.4. The molecule has 33 heavy (non-hydrogen) atoms. The molecule has 1 aliphatic heterocycles. The highest BCUT2D eigenvalue weighted by Crippen LogP contribution is 2.44. The fourth-order valence-electron chi connectivity index (χ4n) is 3.71. The fraction of sp³-hybridized carbons (Fsp3) is 0.286. The summed E-state index contributed by atoms with van der Waals surface area (Å²) in [6, 6.07) is 5.73. The van der Waals surface area contributed by atoms with E-state index in [1.165, 1.54) is 18.1 Å². The van der Waals surface area contributed by atoms with Gasteiger partial charge in [0, 0.05) is 35.7 Å². The summed E-state index contributed by atoms with van der Waals surface area (Å²) in [7, 11) is 0. The number of nitrogen functional groups attached to an aromatic ring is 1. The molecule has 0 saturated heterocycles. The van der Waals surface area contributed by atoms with E-state index in [0.717, 1.165) is 29.0 Å². The first kappa shape index (κ1) is 19.9. The molecule has 1 amide bonds. The Morgan fingerprint density at radius 2 is 2.12 bits per heavy atom. The molecule has 168 valence electrons. The number of aromatic nitrogens is 6. The average molecular weight is 465 g/mol. The van der Waals surface area contributed by atoms with E-state index in [-0.39, 0.29) is 18.6 Å². The summed E-state index contributed by atoms with van der Waals surface area (Å²) >= 11 is 1.44. The maximum Gasteiger partial charge on any atom is 0.231 e. The Bertz CT molecular complexity index is 1350. The van der Waals surface area contributed by atoms with E-state index >= 15 is 0 Å². The summed E-state index contributed by atoms with van der Waals surface area (Å²) in [5.74, 6) is 1.89. The van der Waals surface area contributed by atoms with E-state index in [4.69, 9.17) is 20.2 Å². The van der Waals surface area contributed by atoms with Gasteiger partial charge in [0.2, 0.25) is 12.7 Å². The zero-order valence-corrected chi connectivity index (χ0v) is 18.3. The van der Waals surface area contributed by atoms with Gasteiger partial charge < -0.3 is 25.1 Å². The highest BCUT2D eigenvalue weighted by molar-refractivity contribution is 7.99. The van der Waals surface area contributed by atoms with Crippen molar-refractivity contribution in [3.8, 4) is 22.8 Å². The lowest BCUT2D eigenvalue weighted by Crippen LogP contribution is -2.28. The Morgan fingerprint density at radius 3 is 2.91 bits per heavy atom. The number of hydrogen-bond acceptors (Lipinski definition) is 9. The van der Waals surface area contributed by atoms with Crippen LogP contribution >= 0.6 is 11.8 Å². The van der Waals surface area contributed by atoms with Crippen molar-refractivity contribution < 1.29 is 14.3 Å². The maximum absolute atomic E-state index is 12.1. The third-order valence-electron chi connectivity index (χ3n) is 5.56. The number of nitrogens with one attached hydrogen (secondary N) is 2. The first-order chi connectivity index (χ1) is 16.2. The van der Waals surface area contributed by atoms with Gasteiger partial charge in [-0.1, -0.05) is 11.8 Å². The minimum atomic E-state index is 0.0966. The number of ether oxygens (including phenoxy) is 2. The standard InChI is InChI=1S/C21H20N8O3S/c22-18-17-19(25-9-24-18)29(6-5-23-20(30)11-1-2-11)21(27-17)33-16-8-15-14(31-10-32-15)7-12(16)13-3-4-26-28-13/h3-4,7-9,11H,1-2,5-6,10H2,(H,23,30)(H,26,28)(H2,22,24,25). The predicted molar refractivity (Wildman–Crippen MR) is 120 cm³/mol. The molecule has 1 saturated carbocycles. The van der Waals surface area contributed by atoms with Crippen LogP contribution in [0.1, 0.15) is 12.8 Å². The molecule has 1 fully saturated rings. The summed E-state index contributed by atoms with van der Waals surface area (Å²) in [6.07, 6.45) is 5.11. The number of rotatable bonds is 7. The minimum absolute atomic E-state index is 0.0966. The van der Waals surface area contributed by atoms with E-state index in [1.807, 2.05) is 22.8 Å². The number of imidazole rings is 1. The van der Waals surface area contributed by atoms with Gasteiger partial charge >= 0.3 is 0 Å². The molecule has 0 radical (unpaired) electrons. The van der Waals surface area contributed by atoms with Crippen LogP contribution in [0.2, 0.25) is 0 Å². The van der Waals surface area contributed by atoms with Gasteiger partial charge in [0.1, 0.15) is 6.33 Å². The predicted octanol–water partition coefficient (Wildman–Crippen LogP) is 2.20. The lowest BCUT2D eigenvalue weighted by atomic mass is 10.1. The second-order valence-electron chi connectivity index (χ2n) is 7.81. The van der Waals surface area contributed by atoms with Gasteiger partial charge in [0.05, 0.1) is 5.69 Å². The molecular weight excluding hydrogens is 444 g/mol. The van der Waals surface area contributed by atoms with Crippen molar-refractivity contribution in [2.75, 3.05) is 19.1 Å². The quantitative estimate of drug-likeness (QED) is 0.374. The largest absolute Gasteiger partial charge is 0.454 e. The van der Waals surface area contributed by atoms with Crippen LogP contribution < -0.4 is 20.5 Å². The number of carbonyl (C=O) groups excluding carboxylic acids is 1. The number of anilines is 1. The van der Waals surface area contributed by atoms with Gasteiger partial charge in [0.25, 0.3) is 0 Å². The number of carbonyl (C=O) groups is 1. The van der Waals surface area contributed by atoms with Gasteiger partial charge in [-0.2, -0.15) is 5.10 Å². The molecule has 4 aromatic rings. The van der Waals surface area contributed by atoms with Crippen molar-refractivity contribution in [1.29, 1.82) is 0 Å². The Balaban J connectivity index is 1.38. The summed E-state index contributed by atoms with van der Waals surface area (Å²) in [4.78, 5) is 26.2. The normalized spacial score (nSPS) is 14.7. The molecule has 12 heteroatoms. The van der Waals surface area contributed by atoms with Gasteiger partial charge in [-0.05, 0) is 31.0 Å². The molecule has 2 aliphatic rings. The molecule has 4 N–H and O–H groups in total. The first-order valence-corrected chi connectivity index (χ1v) is 11.3. The van der Waals surface area contributed by atoms with E-state index in [1.54, 1.807) is 6.20 Å². The van der Waals surface area contributed by atoms with E-state index < -0.39 is 0 Å². The molecule has 0 atom stereocenters. The average Bonchev–Trinajstić information content (AvgIpc) is 3.19. The first-order valence-electron chi connectivity index (χ1n) is 10.5. The van der Waals surface area contributed by atoms with E-state index in [9.17, 15) is 4.79 Å². The summed E-state index contributed by atoms with van der Waals surface area (Å²) in [6.45, 7) is 1.14. The van der Waals surface area contributed by atoms with Crippen molar-refractivity contribution >= 4 is 34.7 Å². The van der Waals surface area contributed by atoms with Crippen LogP contribution in [0, 0.1) is 5.92 Å². The Labute approximate surface area is 192 Å². The summed E-state index contributed by atoms with van der Waals surface area (Å²) < 4.78 is 13.1. The van der Waals surface area contributed by atoms with Crippen LogP contribution in [-0.4, -0.2) is 49.0 Å². The van der Waals surface area contributed by atoms with Crippen LogP contribution in [0.5, 0.6) is 11.5 Å². The van der Waals surface area contributed by atoms with Crippen LogP contribution in [-0.2, 0) is 11.3 Å². The van der Waals surface area contributed by atoms with Gasteiger partial charge in [-0.25, -0.2) is 15.0 Å². The second kappa shape index (κ2) is 7.96. The number of nitrogens with two attached hydrogens (primary N) is 1. The SMILES string of the molecule is Nc1ncnc2c1nc(Sc1cc3c(cc1-c1cc[nH]n1)OCO3)n2CCNC(=O)C1CC1. The molecule has 1 aromatic carbocycles. The molecule has 3 aromatic heterocycles. The number of aromatic amines is 1. The lowest BCUT2D eigenvalue weighted by molar-refractivity contribution is -0.122. The molecule has 0 bridgehead atoms. The Morgan fingerprint density at radius 1 is 1.27 bits per heavy atom. The highest BCUT2D eigenvalue weighted by Gasteiger charge is 2.29. The topological polar surface area (TPSA) is 146 Å². The molecule has 11 nitrogen and oxygen atoms in total. The molecule has 0 spiro atoms. The minimum Gasteiger partial charge on any atom is -0.454 e. The smallest absolute Gasteiger partial charge is 0.231 e. The maximum atomic E-state index is 12.1. The van der Waals surface area contributed by atoms with Crippen molar-refractivity contribution in [2.24, 2.45) is 5.92 Å². The van der Waals surface area contributed by atoms with Crippen LogP contribution in [0.4, 0.5) is 5.82 Å². The fourth-order valence-corrected chi connectivity index (χ4v) is 4.77. The van der Waals surface area contributed by atoms with Crippen molar-refractivity contribution in [3.63, 3.8) is 0 Å². The van der Waals surface area contributed by atoms with Crippen LogP contribution in [0.3, 0.4) is 0 Å². The molecule has 4 heterocycles. The van der Waals surface area contributed by atoms with Crippen molar-refractivity contribution in [1.82, 2.24) is 35.0 Å². The summed E-state index contributed by atoms with van der Waals surface area (Å²) in [5.41, 5.74) is 8.88. The number of hydrogen-bond donors (Lipinski definition) is 3. The number of H-pyrrole nitrogens is 1. The Hall–Kier alpha value is -3.80.